The van der Waals surface area contributed by atoms with Gasteiger partial charge in [0.15, 0.2) is 0 Å². The minimum Gasteiger partial charge on any atom is -0.469 e. The SMILES string of the molecule is COC(=O)C1CCN(S(=O)(=O)NCC2CCC(O)C2)CC1. The molecule has 0 aromatic rings. The van der Waals surface area contributed by atoms with Crippen LogP contribution >= 0.6 is 0 Å². The lowest BCUT2D eigenvalue weighted by atomic mass is 9.99. The van der Waals surface area contributed by atoms with Gasteiger partial charge in [-0.05, 0) is 38.0 Å². The van der Waals surface area contributed by atoms with Gasteiger partial charge in [0.05, 0.1) is 19.1 Å². The summed E-state index contributed by atoms with van der Waals surface area (Å²) < 4.78 is 33.1. The summed E-state index contributed by atoms with van der Waals surface area (Å²) in [6.07, 6.45) is 2.96. The second-order valence-electron chi connectivity index (χ2n) is 5.88. The molecule has 0 spiro atoms. The third kappa shape index (κ3) is 4.38. The van der Waals surface area contributed by atoms with Crippen molar-refractivity contribution < 1.29 is 23.1 Å². The number of methoxy groups -OCH3 is 1. The number of nitrogens with one attached hydrogen (secondary N) is 1. The van der Waals surface area contributed by atoms with Gasteiger partial charge in [0.2, 0.25) is 0 Å². The van der Waals surface area contributed by atoms with Crippen LogP contribution in [0.4, 0.5) is 0 Å². The molecule has 21 heavy (non-hydrogen) atoms. The Morgan fingerprint density at radius 3 is 2.48 bits per heavy atom. The molecule has 0 amide bonds. The van der Waals surface area contributed by atoms with Crippen LogP contribution in [0.25, 0.3) is 0 Å². The highest BCUT2D eigenvalue weighted by molar-refractivity contribution is 7.87. The van der Waals surface area contributed by atoms with Gasteiger partial charge in [0.25, 0.3) is 10.2 Å². The predicted molar refractivity (Wildman–Crippen MR) is 76.6 cm³/mol. The molecule has 2 aliphatic rings. The van der Waals surface area contributed by atoms with Crippen molar-refractivity contribution in [1.29, 1.82) is 0 Å². The fraction of sp³-hybridized carbons (Fsp3) is 0.923. The maximum atomic E-state index is 12.2. The van der Waals surface area contributed by atoms with Crippen molar-refractivity contribution in [3.05, 3.63) is 0 Å². The molecule has 8 heteroatoms. The molecule has 2 rings (SSSR count). The van der Waals surface area contributed by atoms with Crippen molar-refractivity contribution in [1.82, 2.24) is 9.03 Å². The van der Waals surface area contributed by atoms with Crippen LogP contribution in [0.15, 0.2) is 0 Å². The molecule has 2 fully saturated rings. The number of ether oxygens (including phenoxy) is 1. The zero-order valence-electron chi connectivity index (χ0n) is 12.3. The highest BCUT2D eigenvalue weighted by Crippen LogP contribution is 2.25. The minimum absolute atomic E-state index is 0.202. The van der Waals surface area contributed by atoms with Gasteiger partial charge in [0.1, 0.15) is 0 Å². The van der Waals surface area contributed by atoms with Crippen LogP contribution in [0.5, 0.6) is 0 Å². The summed E-state index contributed by atoms with van der Waals surface area (Å²) in [6.45, 7) is 1.04. The number of hydrogen-bond acceptors (Lipinski definition) is 5. The molecule has 0 aromatic heterocycles. The van der Waals surface area contributed by atoms with Gasteiger partial charge in [-0.3, -0.25) is 4.79 Å². The number of aliphatic hydroxyl groups is 1. The number of esters is 1. The number of carbonyl (C=O) groups excluding carboxylic acids is 1. The van der Waals surface area contributed by atoms with Crippen LogP contribution < -0.4 is 4.72 Å². The molecule has 2 N–H and O–H groups in total. The number of rotatable bonds is 5. The molecule has 2 atom stereocenters. The van der Waals surface area contributed by atoms with E-state index in [-0.39, 0.29) is 23.9 Å². The Hall–Kier alpha value is -0.700. The van der Waals surface area contributed by atoms with Crippen LogP contribution in [0, 0.1) is 11.8 Å². The Kier molecular flexibility index (Phi) is 5.59. The summed E-state index contributed by atoms with van der Waals surface area (Å²) in [7, 11) is -2.14. The lowest BCUT2D eigenvalue weighted by molar-refractivity contribution is -0.146. The van der Waals surface area contributed by atoms with Gasteiger partial charge in [-0.15, -0.1) is 0 Å². The molecule has 2 unspecified atom stereocenters. The molecule has 0 bridgehead atoms. The second-order valence-corrected chi connectivity index (χ2v) is 7.64. The molecule has 0 aromatic carbocycles. The van der Waals surface area contributed by atoms with Gasteiger partial charge in [-0.25, -0.2) is 4.72 Å². The average Bonchev–Trinajstić information content (AvgIpc) is 2.90. The van der Waals surface area contributed by atoms with E-state index in [0.29, 0.717) is 38.9 Å². The molecule has 1 aliphatic heterocycles. The van der Waals surface area contributed by atoms with Crippen LogP contribution in [-0.2, 0) is 19.7 Å². The lowest BCUT2D eigenvalue weighted by Gasteiger charge is -2.30. The normalized spacial score (nSPS) is 28.7. The van der Waals surface area contributed by atoms with E-state index < -0.39 is 10.2 Å². The maximum Gasteiger partial charge on any atom is 0.308 e. The molecular weight excluding hydrogens is 296 g/mol. The van der Waals surface area contributed by atoms with Gasteiger partial charge in [0, 0.05) is 19.6 Å². The summed E-state index contributed by atoms with van der Waals surface area (Å²) in [5.74, 6) is -0.256. The van der Waals surface area contributed by atoms with E-state index >= 15 is 0 Å². The summed E-state index contributed by atoms with van der Waals surface area (Å²) in [5.41, 5.74) is 0. The van der Waals surface area contributed by atoms with Gasteiger partial charge in [-0.2, -0.15) is 12.7 Å². The van der Waals surface area contributed by atoms with Gasteiger partial charge >= 0.3 is 5.97 Å². The molecule has 122 valence electrons. The van der Waals surface area contributed by atoms with E-state index in [1.165, 1.54) is 11.4 Å². The standard InChI is InChI=1S/C13H24N2O5S/c1-20-13(17)11-4-6-15(7-5-11)21(18,19)14-9-10-2-3-12(16)8-10/h10-12,14,16H,2-9H2,1H3. The van der Waals surface area contributed by atoms with Crippen molar-refractivity contribution in [3.8, 4) is 0 Å². The molecule has 7 nitrogen and oxygen atoms in total. The third-order valence-corrected chi connectivity index (χ3v) is 5.97. The number of carbonyl (C=O) groups is 1. The van der Waals surface area contributed by atoms with E-state index in [2.05, 4.69) is 9.46 Å². The van der Waals surface area contributed by atoms with Crippen LogP contribution in [0.3, 0.4) is 0 Å². The zero-order chi connectivity index (χ0) is 15.5. The Labute approximate surface area is 125 Å². The molecular formula is C13H24N2O5S. The Morgan fingerprint density at radius 2 is 1.95 bits per heavy atom. The molecule has 1 heterocycles. The fourth-order valence-electron chi connectivity index (χ4n) is 3.05. The Bertz CT molecular complexity index is 459. The van der Waals surface area contributed by atoms with E-state index in [1.54, 1.807) is 0 Å². The predicted octanol–water partition coefficient (Wildman–Crippen LogP) is -0.133. The van der Waals surface area contributed by atoms with Gasteiger partial charge in [-0.1, -0.05) is 0 Å². The number of piperidine rings is 1. The van der Waals surface area contributed by atoms with Crippen molar-refractivity contribution in [2.24, 2.45) is 11.8 Å². The molecule has 1 saturated heterocycles. The molecule has 1 aliphatic carbocycles. The monoisotopic (exact) mass is 320 g/mol. The molecule has 1 saturated carbocycles. The van der Waals surface area contributed by atoms with Crippen LogP contribution in [0.2, 0.25) is 0 Å². The van der Waals surface area contributed by atoms with E-state index in [1.807, 2.05) is 0 Å². The minimum atomic E-state index is -3.49. The number of nitrogens with zero attached hydrogens (tertiary/aromatic N) is 1. The van der Waals surface area contributed by atoms with E-state index in [0.717, 1.165) is 12.8 Å². The largest absolute Gasteiger partial charge is 0.469 e. The second kappa shape index (κ2) is 7.04. The third-order valence-electron chi connectivity index (χ3n) is 4.40. The lowest BCUT2D eigenvalue weighted by Crippen LogP contribution is -2.47. The highest BCUT2D eigenvalue weighted by atomic mass is 32.2. The first-order chi connectivity index (χ1) is 9.92. The first kappa shape index (κ1) is 16.7. The Morgan fingerprint density at radius 1 is 1.29 bits per heavy atom. The first-order valence-electron chi connectivity index (χ1n) is 7.43. The quantitative estimate of drug-likeness (QED) is 0.688. The summed E-state index contributed by atoms with van der Waals surface area (Å²) >= 11 is 0. The Balaban J connectivity index is 1.79. The fourth-order valence-corrected chi connectivity index (χ4v) is 4.37. The summed E-state index contributed by atoms with van der Waals surface area (Å²) in [4.78, 5) is 11.4. The zero-order valence-corrected chi connectivity index (χ0v) is 13.1. The topological polar surface area (TPSA) is 95.9 Å². The van der Waals surface area contributed by atoms with Crippen LogP contribution in [-0.4, -0.2) is 56.6 Å². The maximum absolute atomic E-state index is 12.2. The molecule has 0 radical (unpaired) electrons. The van der Waals surface area contributed by atoms with Gasteiger partial charge < -0.3 is 9.84 Å². The van der Waals surface area contributed by atoms with Crippen molar-refractivity contribution >= 4 is 16.2 Å². The first-order valence-corrected chi connectivity index (χ1v) is 8.87. The van der Waals surface area contributed by atoms with Crippen molar-refractivity contribution in [2.45, 2.75) is 38.2 Å². The van der Waals surface area contributed by atoms with Crippen molar-refractivity contribution in [2.75, 3.05) is 26.7 Å². The summed E-state index contributed by atoms with van der Waals surface area (Å²) in [5, 5.41) is 9.45. The van der Waals surface area contributed by atoms with E-state index in [4.69, 9.17) is 0 Å². The van der Waals surface area contributed by atoms with Crippen LogP contribution in [0.1, 0.15) is 32.1 Å². The highest BCUT2D eigenvalue weighted by Gasteiger charge is 2.32. The number of aliphatic hydroxyl groups excluding tert-OH is 1. The average molecular weight is 320 g/mol. The van der Waals surface area contributed by atoms with Crippen molar-refractivity contribution in [3.63, 3.8) is 0 Å². The van der Waals surface area contributed by atoms with E-state index in [9.17, 15) is 18.3 Å². The number of hydrogen-bond donors (Lipinski definition) is 2. The summed E-state index contributed by atoms with van der Waals surface area (Å²) in [6, 6.07) is 0. The smallest absolute Gasteiger partial charge is 0.308 e.